The molecule has 0 aliphatic heterocycles. The van der Waals surface area contributed by atoms with Crippen molar-refractivity contribution in [2.45, 2.75) is 109 Å². The third-order valence-electron chi connectivity index (χ3n) is 7.87. The first-order valence-electron chi connectivity index (χ1n) is 12.9. The van der Waals surface area contributed by atoms with Crippen molar-refractivity contribution >= 4 is 0 Å². The summed E-state index contributed by atoms with van der Waals surface area (Å²) in [4.78, 5) is 0. The Bertz CT molecular complexity index is 705. The minimum Gasteiger partial charge on any atom is -0.206 e. The van der Waals surface area contributed by atoms with Crippen LogP contribution in [0.3, 0.4) is 0 Å². The van der Waals surface area contributed by atoms with Crippen LogP contribution in [0.2, 0.25) is 0 Å². The molecule has 0 heterocycles. The highest BCUT2D eigenvalue weighted by atomic mass is 19.4. The average molecular weight is 453 g/mol. The molecule has 0 bridgehead atoms. The van der Waals surface area contributed by atoms with Crippen LogP contribution in [-0.4, -0.2) is 0 Å². The third kappa shape index (κ3) is 7.63. The first-order valence-corrected chi connectivity index (χ1v) is 12.9. The first-order chi connectivity index (χ1) is 15.4. The van der Waals surface area contributed by atoms with Gasteiger partial charge >= 0.3 is 6.18 Å². The Labute approximate surface area is 191 Å². The number of rotatable bonds is 9. The van der Waals surface area contributed by atoms with Crippen molar-refractivity contribution < 1.29 is 17.6 Å². The van der Waals surface area contributed by atoms with Gasteiger partial charge in [-0.25, -0.2) is 4.39 Å². The summed E-state index contributed by atoms with van der Waals surface area (Å²) in [5, 5.41) is 0. The van der Waals surface area contributed by atoms with Crippen molar-refractivity contribution in [3.8, 4) is 0 Å². The van der Waals surface area contributed by atoms with Crippen LogP contribution in [-0.2, 0) is 6.18 Å². The summed E-state index contributed by atoms with van der Waals surface area (Å²) in [7, 11) is 0. The van der Waals surface area contributed by atoms with Crippen molar-refractivity contribution in [1.82, 2.24) is 0 Å². The van der Waals surface area contributed by atoms with Gasteiger partial charge in [-0.1, -0.05) is 76.5 Å². The lowest BCUT2D eigenvalue weighted by molar-refractivity contribution is -0.140. The molecule has 2 aliphatic carbocycles. The summed E-state index contributed by atoms with van der Waals surface area (Å²) in [5.74, 6) is 1.45. The van der Waals surface area contributed by atoms with E-state index in [0.717, 1.165) is 56.1 Å². The Balaban J connectivity index is 1.34. The van der Waals surface area contributed by atoms with Crippen LogP contribution in [0.1, 0.15) is 114 Å². The lowest BCUT2D eigenvalue weighted by atomic mass is 9.77. The zero-order chi connectivity index (χ0) is 23.0. The zero-order valence-electron chi connectivity index (χ0n) is 19.6. The summed E-state index contributed by atoms with van der Waals surface area (Å²) in [6.07, 6.45) is 17.7. The molecule has 0 radical (unpaired) electrons. The molecule has 2 aliphatic rings. The molecule has 0 amide bonds. The van der Waals surface area contributed by atoms with Crippen LogP contribution >= 0.6 is 0 Å². The molecule has 1 aromatic rings. The Morgan fingerprint density at radius 2 is 1.53 bits per heavy atom. The highest BCUT2D eigenvalue weighted by Crippen LogP contribution is 2.39. The molecule has 1 aromatic carbocycles. The molecule has 0 unspecified atom stereocenters. The van der Waals surface area contributed by atoms with Crippen LogP contribution in [0.4, 0.5) is 17.6 Å². The van der Waals surface area contributed by atoms with E-state index in [4.69, 9.17) is 0 Å². The topological polar surface area (TPSA) is 0 Å². The van der Waals surface area contributed by atoms with Gasteiger partial charge in [-0.2, -0.15) is 13.2 Å². The number of unbranched alkanes of at least 4 members (excludes halogenated alkanes) is 2. The van der Waals surface area contributed by atoms with Crippen LogP contribution in [0, 0.1) is 23.6 Å². The number of alkyl halides is 3. The molecule has 0 aromatic heterocycles. The highest BCUT2D eigenvalue weighted by molar-refractivity contribution is 5.29. The quantitative estimate of drug-likeness (QED) is 0.199. The van der Waals surface area contributed by atoms with E-state index in [1.165, 1.54) is 63.9 Å². The van der Waals surface area contributed by atoms with Gasteiger partial charge in [-0.05, 0) is 79.9 Å². The van der Waals surface area contributed by atoms with E-state index in [-0.39, 0.29) is 5.92 Å². The number of hydrogen-bond acceptors (Lipinski definition) is 0. The van der Waals surface area contributed by atoms with Crippen LogP contribution in [0.15, 0.2) is 30.4 Å². The fraction of sp³-hybridized carbons (Fsp3) is 0.714. The van der Waals surface area contributed by atoms with Crippen molar-refractivity contribution in [3.63, 3.8) is 0 Å². The Morgan fingerprint density at radius 3 is 2.12 bits per heavy atom. The minimum absolute atomic E-state index is 0.170. The van der Waals surface area contributed by atoms with Crippen molar-refractivity contribution in [1.29, 1.82) is 0 Å². The number of halogens is 4. The SMILES string of the molecule is CCCCCC1CCC(CC/C=C/C2CCC(c3ccc(C(F)(F)F)c(F)c3)CC2)CC1. The smallest absolute Gasteiger partial charge is 0.206 e. The summed E-state index contributed by atoms with van der Waals surface area (Å²) in [6.45, 7) is 2.27. The maximum Gasteiger partial charge on any atom is 0.419 e. The standard InChI is InChI=1S/C28H40F4/c1-2-3-4-7-21-10-12-22(13-11-21)8-5-6-9-23-14-16-24(17-15-23)25-18-19-26(27(29)20-25)28(30,31)32/h6,9,18-24H,2-5,7-8,10-17H2,1H3/b9-6+. The summed E-state index contributed by atoms with van der Waals surface area (Å²) < 4.78 is 52.2. The average Bonchev–Trinajstić information content (AvgIpc) is 2.77. The van der Waals surface area contributed by atoms with Crippen molar-refractivity contribution in [2.75, 3.05) is 0 Å². The molecule has 0 spiro atoms. The molecule has 4 heteroatoms. The van der Waals surface area contributed by atoms with Crippen LogP contribution in [0.5, 0.6) is 0 Å². The van der Waals surface area contributed by atoms with Gasteiger partial charge in [0.05, 0.1) is 5.56 Å². The van der Waals surface area contributed by atoms with Gasteiger partial charge < -0.3 is 0 Å². The lowest BCUT2D eigenvalue weighted by Gasteiger charge is -2.28. The van der Waals surface area contributed by atoms with Crippen LogP contribution < -0.4 is 0 Å². The predicted octanol–water partition coefficient (Wildman–Crippen LogP) is 9.84. The highest BCUT2D eigenvalue weighted by Gasteiger charge is 2.34. The molecular weight excluding hydrogens is 412 g/mol. The van der Waals surface area contributed by atoms with E-state index in [0.29, 0.717) is 11.5 Å². The fourth-order valence-electron chi connectivity index (χ4n) is 5.77. The molecule has 180 valence electrons. The first kappa shape index (κ1) is 25.3. The maximum absolute atomic E-state index is 13.9. The predicted molar refractivity (Wildman–Crippen MR) is 124 cm³/mol. The van der Waals surface area contributed by atoms with Gasteiger partial charge in [0.25, 0.3) is 0 Å². The Kier molecular flexibility index (Phi) is 9.67. The fourth-order valence-corrected chi connectivity index (χ4v) is 5.77. The summed E-state index contributed by atoms with van der Waals surface area (Å²) >= 11 is 0. The molecule has 2 saturated carbocycles. The molecule has 0 saturated heterocycles. The maximum atomic E-state index is 13.9. The van der Waals surface area contributed by atoms with Gasteiger partial charge in [0.15, 0.2) is 0 Å². The second-order valence-electron chi connectivity index (χ2n) is 10.2. The molecular formula is C28H40F4. The van der Waals surface area contributed by atoms with E-state index in [1.807, 2.05) is 0 Å². The molecule has 2 fully saturated rings. The molecule has 32 heavy (non-hydrogen) atoms. The van der Waals surface area contributed by atoms with Gasteiger partial charge in [0.1, 0.15) is 5.82 Å². The second-order valence-corrected chi connectivity index (χ2v) is 10.2. The monoisotopic (exact) mass is 452 g/mol. The molecule has 0 N–H and O–H groups in total. The largest absolute Gasteiger partial charge is 0.419 e. The van der Waals surface area contributed by atoms with Crippen LogP contribution in [0.25, 0.3) is 0 Å². The minimum atomic E-state index is -4.63. The van der Waals surface area contributed by atoms with E-state index < -0.39 is 17.6 Å². The van der Waals surface area contributed by atoms with Gasteiger partial charge in [0, 0.05) is 0 Å². The van der Waals surface area contributed by atoms with Gasteiger partial charge in [0.2, 0.25) is 0 Å². The van der Waals surface area contributed by atoms with E-state index in [9.17, 15) is 17.6 Å². The molecule has 0 nitrogen and oxygen atoms in total. The van der Waals surface area contributed by atoms with Crippen molar-refractivity contribution in [2.24, 2.45) is 17.8 Å². The van der Waals surface area contributed by atoms with Crippen molar-refractivity contribution in [3.05, 3.63) is 47.3 Å². The molecule has 0 atom stereocenters. The summed E-state index contributed by atoms with van der Waals surface area (Å²) in [6, 6.07) is 3.46. The van der Waals surface area contributed by atoms with Gasteiger partial charge in [-0.3, -0.25) is 0 Å². The number of allylic oxidation sites excluding steroid dienone is 2. The number of hydrogen-bond donors (Lipinski definition) is 0. The zero-order valence-corrected chi connectivity index (χ0v) is 19.6. The second kappa shape index (κ2) is 12.2. The van der Waals surface area contributed by atoms with Gasteiger partial charge in [-0.15, -0.1) is 0 Å². The summed E-state index contributed by atoms with van der Waals surface area (Å²) in [5.41, 5.74) is -0.453. The lowest BCUT2D eigenvalue weighted by Crippen LogP contribution is -2.14. The normalized spacial score (nSPS) is 27.2. The Hall–Kier alpha value is -1.32. The number of benzene rings is 1. The third-order valence-corrected chi connectivity index (χ3v) is 7.87. The Morgan fingerprint density at radius 1 is 0.875 bits per heavy atom. The van der Waals surface area contributed by atoms with E-state index in [1.54, 1.807) is 0 Å². The molecule has 3 rings (SSSR count). The van der Waals surface area contributed by atoms with E-state index >= 15 is 0 Å². The van der Waals surface area contributed by atoms with E-state index in [2.05, 4.69) is 19.1 Å².